The second kappa shape index (κ2) is 9.32. The maximum Gasteiger partial charge on any atom is 0.253 e. The molecule has 1 amide bonds. The third-order valence-corrected chi connectivity index (χ3v) is 6.54. The van der Waals surface area contributed by atoms with E-state index in [1.165, 1.54) is 24.8 Å². The maximum atomic E-state index is 12.8. The fourth-order valence-electron chi connectivity index (χ4n) is 3.46. The van der Waals surface area contributed by atoms with Crippen LogP contribution in [-0.4, -0.2) is 52.6 Å². The first kappa shape index (κ1) is 20.5. The third-order valence-electron chi connectivity index (χ3n) is 5.06. The van der Waals surface area contributed by atoms with E-state index in [0.29, 0.717) is 31.2 Å². The molecule has 0 radical (unpaired) electrons. The van der Waals surface area contributed by atoms with Crippen molar-refractivity contribution in [3.8, 4) is 0 Å². The highest BCUT2D eigenvalue weighted by Crippen LogP contribution is 2.28. The van der Waals surface area contributed by atoms with Crippen molar-refractivity contribution in [3.63, 3.8) is 0 Å². The van der Waals surface area contributed by atoms with Crippen LogP contribution in [0.3, 0.4) is 0 Å². The molecule has 2 aromatic rings. The van der Waals surface area contributed by atoms with Crippen molar-refractivity contribution < 1.29 is 17.9 Å². The number of carbonyl (C=O) groups is 1. The molecule has 1 aliphatic heterocycles. The zero-order valence-electron chi connectivity index (χ0n) is 16.0. The smallest absolute Gasteiger partial charge is 0.253 e. The van der Waals surface area contributed by atoms with Crippen LogP contribution in [0.25, 0.3) is 0 Å². The molecule has 2 aromatic carbocycles. The highest BCUT2D eigenvalue weighted by molar-refractivity contribution is 7.89. The predicted molar refractivity (Wildman–Crippen MR) is 108 cm³/mol. The molecule has 7 heteroatoms. The first-order valence-corrected chi connectivity index (χ1v) is 10.9. The minimum Gasteiger partial charge on any atom is -0.383 e. The van der Waals surface area contributed by atoms with E-state index in [2.05, 4.69) is 16.9 Å². The molecule has 0 aliphatic carbocycles. The molecular weight excluding hydrogens is 376 g/mol. The van der Waals surface area contributed by atoms with Crippen LogP contribution in [0.1, 0.15) is 34.7 Å². The number of amides is 1. The number of methoxy groups -OCH3 is 1. The summed E-state index contributed by atoms with van der Waals surface area (Å²) >= 11 is 0. The predicted octanol–water partition coefficient (Wildman–Crippen LogP) is 2.63. The Balaban J connectivity index is 1.59. The van der Waals surface area contributed by atoms with Crippen molar-refractivity contribution in [1.29, 1.82) is 0 Å². The molecule has 1 fully saturated rings. The minimum atomic E-state index is -3.59. The van der Waals surface area contributed by atoms with Crippen molar-refractivity contribution in [2.45, 2.75) is 23.7 Å². The van der Waals surface area contributed by atoms with Gasteiger partial charge in [-0.05, 0) is 48.6 Å². The van der Waals surface area contributed by atoms with E-state index >= 15 is 0 Å². The molecular formula is C21H26N2O4S. The quantitative estimate of drug-likeness (QED) is 0.723. The van der Waals surface area contributed by atoms with Gasteiger partial charge in [-0.3, -0.25) is 4.79 Å². The fourth-order valence-corrected chi connectivity index (χ4v) is 4.47. The molecule has 0 aromatic heterocycles. The van der Waals surface area contributed by atoms with Crippen molar-refractivity contribution in [1.82, 2.24) is 9.62 Å². The second-order valence-corrected chi connectivity index (χ2v) is 8.66. The number of likely N-dealkylation sites (tertiary alicyclic amines) is 1. The summed E-state index contributed by atoms with van der Waals surface area (Å²) in [6.07, 6.45) is 1.87. The largest absolute Gasteiger partial charge is 0.383 e. The summed E-state index contributed by atoms with van der Waals surface area (Å²) in [5.74, 6) is 0.429. The summed E-state index contributed by atoms with van der Waals surface area (Å²) in [7, 11) is -2.08. The Morgan fingerprint density at radius 2 is 1.71 bits per heavy atom. The van der Waals surface area contributed by atoms with E-state index in [1.807, 2.05) is 23.1 Å². The van der Waals surface area contributed by atoms with Crippen molar-refractivity contribution in [3.05, 3.63) is 65.7 Å². The van der Waals surface area contributed by atoms with Gasteiger partial charge in [-0.25, -0.2) is 13.1 Å². The molecule has 1 saturated heterocycles. The Morgan fingerprint density at radius 3 is 2.32 bits per heavy atom. The molecule has 6 nitrogen and oxygen atoms in total. The van der Waals surface area contributed by atoms with Crippen LogP contribution in [0.15, 0.2) is 59.5 Å². The summed E-state index contributed by atoms with van der Waals surface area (Å²) in [6, 6.07) is 16.5. The van der Waals surface area contributed by atoms with E-state index in [0.717, 1.165) is 12.8 Å². The lowest BCUT2D eigenvalue weighted by molar-refractivity contribution is 0.0713. The molecule has 1 aliphatic rings. The summed E-state index contributed by atoms with van der Waals surface area (Å²) in [5, 5.41) is 0. The van der Waals surface area contributed by atoms with Crippen LogP contribution in [0.5, 0.6) is 0 Å². The topological polar surface area (TPSA) is 75.7 Å². The molecule has 0 bridgehead atoms. The van der Waals surface area contributed by atoms with Crippen LogP contribution >= 0.6 is 0 Å². The van der Waals surface area contributed by atoms with E-state index in [-0.39, 0.29) is 17.3 Å². The minimum absolute atomic E-state index is 0.0530. The van der Waals surface area contributed by atoms with Crippen LogP contribution in [0.4, 0.5) is 0 Å². The standard InChI is InChI=1S/C21H26N2O4S/c1-27-16-13-22-28(25,26)20-9-7-19(8-10-20)21(24)23-14-11-18(12-15-23)17-5-3-2-4-6-17/h2-10,18,22H,11-16H2,1H3. The number of hydrogen-bond donors (Lipinski definition) is 1. The number of nitrogens with zero attached hydrogens (tertiary/aromatic N) is 1. The number of nitrogens with one attached hydrogen (secondary N) is 1. The van der Waals surface area contributed by atoms with Crippen molar-refractivity contribution in [2.24, 2.45) is 0 Å². The lowest BCUT2D eigenvalue weighted by Gasteiger charge is -2.32. The summed E-state index contributed by atoms with van der Waals surface area (Å²) in [4.78, 5) is 14.7. The fraction of sp³-hybridized carbons (Fsp3) is 0.381. The number of sulfonamides is 1. The van der Waals surface area contributed by atoms with Gasteiger partial charge in [0.25, 0.3) is 5.91 Å². The number of hydrogen-bond acceptors (Lipinski definition) is 4. The molecule has 0 spiro atoms. The van der Waals surface area contributed by atoms with Crippen LogP contribution in [0, 0.1) is 0 Å². The van der Waals surface area contributed by atoms with Gasteiger partial charge in [0, 0.05) is 32.3 Å². The Hall–Kier alpha value is -2.22. The van der Waals surface area contributed by atoms with Gasteiger partial charge in [0.2, 0.25) is 10.0 Å². The number of piperidine rings is 1. The van der Waals surface area contributed by atoms with Gasteiger partial charge in [0.05, 0.1) is 11.5 Å². The number of ether oxygens (including phenoxy) is 1. The Bertz CT molecular complexity index is 874. The number of benzene rings is 2. The van der Waals surface area contributed by atoms with Gasteiger partial charge in [-0.1, -0.05) is 30.3 Å². The molecule has 0 saturated carbocycles. The Morgan fingerprint density at radius 1 is 1.07 bits per heavy atom. The number of rotatable bonds is 7. The molecule has 28 heavy (non-hydrogen) atoms. The van der Waals surface area contributed by atoms with E-state index < -0.39 is 10.0 Å². The SMILES string of the molecule is COCCNS(=O)(=O)c1ccc(C(=O)N2CCC(c3ccccc3)CC2)cc1. The summed E-state index contributed by atoms with van der Waals surface area (Å²) in [5.41, 5.74) is 1.83. The van der Waals surface area contributed by atoms with Crippen LogP contribution in [0.2, 0.25) is 0 Å². The average Bonchev–Trinajstić information content (AvgIpc) is 2.74. The van der Waals surface area contributed by atoms with E-state index in [4.69, 9.17) is 4.74 Å². The van der Waals surface area contributed by atoms with Gasteiger partial charge in [0.1, 0.15) is 0 Å². The zero-order valence-corrected chi connectivity index (χ0v) is 16.8. The van der Waals surface area contributed by atoms with Crippen LogP contribution in [-0.2, 0) is 14.8 Å². The monoisotopic (exact) mass is 402 g/mol. The van der Waals surface area contributed by atoms with Crippen LogP contribution < -0.4 is 4.72 Å². The maximum absolute atomic E-state index is 12.8. The summed E-state index contributed by atoms with van der Waals surface area (Å²) < 4.78 is 31.7. The summed E-state index contributed by atoms with van der Waals surface area (Å²) in [6.45, 7) is 1.92. The molecule has 150 valence electrons. The lowest BCUT2D eigenvalue weighted by Crippen LogP contribution is -2.37. The van der Waals surface area contributed by atoms with E-state index in [1.54, 1.807) is 12.1 Å². The normalized spacial score (nSPS) is 15.5. The number of carbonyl (C=O) groups excluding carboxylic acids is 1. The molecule has 0 unspecified atom stereocenters. The van der Waals surface area contributed by atoms with Gasteiger partial charge < -0.3 is 9.64 Å². The van der Waals surface area contributed by atoms with Crippen molar-refractivity contribution >= 4 is 15.9 Å². The van der Waals surface area contributed by atoms with E-state index in [9.17, 15) is 13.2 Å². The highest BCUT2D eigenvalue weighted by Gasteiger charge is 2.25. The third kappa shape index (κ3) is 4.98. The zero-order chi connectivity index (χ0) is 20.0. The van der Waals surface area contributed by atoms with Gasteiger partial charge in [0.15, 0.2) is 0 Å². The lowest BCUT2D eigenvalue weighted by atomic mass is 9.89. The molecule has 3 rings (SSSR count). The van der Waals surface area contributed by atoms with Gasteiger partial charge in [-0.2, -0.15) is 0 Å². The van der Waals surface area contributed by atoms with Gasteiger partial charge in [-0.15, -0.1) is 0 Å². The van der Waals surface area contributed by atoms with Gasteiger partial charge >= 0.3 is 0 Å². The van der Waals surface area contributed by atoms with Crippen molar-refractivity contribution in [2.75, 3.05) is 33.4 Å². The molecule has 0 atom stereocenters. The first-order valence-electron chi connectivity index (χ1n) is 9.44. The Labute approximate surface area is 166 Å². The first-order chi connectivity index (χ1) is 13.5. The second-order valence-electron chi connectivity index (χ2n) is 6.89. The average molecular weight is 403 g/mol. The Kier molecular flexibility index (Phi) is 6.83. The molecule has 1 heterocycles. The molecule has 1 N–H and O–H groups in total. The highest BCUT2D eigenvalue weighted by atomic mass is 32.2.